The first-order valence-corrected chi connectivity index (χ1v) is 5.26. The van der Waals surface area contributed by atoms with Gasteiger partial charge in [-0.15, -0.1) is 0 Å². The van der Waals surface area contributed by atoms with E-state index < -0.39 is 0 Å². The smallest absolute Gasteiger partial charge is 0.0572 e. The van der Waals surface area contributed by atoms with Crippen molar-refractivity contribution in [2.24, 2.45) is 11.8 Å². The van der Waals surface area contributed by atoms with Crippen LogP contribution < -0.4 is 5.32 Å². The van der Waals surface area contributed by atoms with Crippen LogP contribution in [0.15, 0.2) is 0 Å². The van der Waals surface area contributed by atoms with Crippen LogP contribution in [0.5, 0.6) is 0 Å². The SMILES string of the molecule is OC1CCCCC2CNCCC12. The number of fused-ring (bicyclic) bond motifs is 1. The summed E-state index contributed by atoms with van der Waals surface area (Å²) in [6, 6.07) is 0. The Balaban J connectivity index is 2.01. The molecule has 70 valence electrons. The third-order valence-electron chi connectivity index (χ3n) is 3.49. The van der Waals surface area contributed by atoms with E-state index >= 15 is 0 Å². The van der Waals surface area contributed by atoms with Crippen molar-refractivity contribution in [3.63, 3.8) is 0 Å². The Morgan fingerprint density at radius 1 is 1.08 bits per heavy atom. The van der Waals surface area contributed by atoms with Crippen molar-refractivity contribution in [3.8, 4) is 0 Å². The van der Waals surface area contributed by atoms with Crippen molar-refractivity contribution >= 4 is 0 Å². The van der Waals surface area contributed by atoms with Crippen LogP contribution in [0.2, 0.25) is 0 Å². The van der Waals surface area contributed by atoms with E-state index in [1.807, 2.05) is 0 Å². The zero-order valence-corrected chi connectivity index (χ0v) is 7.63. The maximum absolute atomic E-state index is 9.86. The Kier molecular flexibility index (Phi) is 2.66. The second-order valence-electron chi connectivity index (χ2n) is 4.27. The fourth-order valence-corrected chi connectivity index (χ4v) is 2.74. The third-order valence-corrected chi connectivity index (χ3v) is 3.49. The Bertz CT molecular complexity index is 149. The predicted octanol–water partition coefficient (Wildman–Crippen LogP) is 1.15. The molecule has 1 aliphatic heterocycles. The molecule has 0 amide bonds. The topological polar surface area (TPSA) is 32.3 Å². The van der Waals surface area contributed by atoms with Crippen LogP contribution in [-0.4, -0.2) is 24.3 Å². The summed E-state index contributed by atoms with van der Waals surface area (Å²) in [6.07, 6.45) is 6.11. The van der Waals surface area contributed by atoms with Gasteiger partial charge in [0.2, 0.25) is 0 Å². The molecule has 3 unspecified atom stereocenters. The number of aliphatic hydroxyl groups is 1. The molecule has 0 aromatic carbocycles. The average Bonchev–Trinajstić information content (AvgIpc) is 2.29. The Hall–Kier alpha value is -0.0800. The van der Waals surface area contributed by atoms with Gasteiger partial charge < -0.3 is 10.4 Å². The Labute approximate surface area is 74.4 Å². The van der Waals surface area contributed by atoms with E-state index in [2.05, 4.69) is 5.32 Å². The van der Waals surface area contributed by atoms with E-state index in [9.17, 15) is 5.11 Å². The van der Waals surface area contributed by atoms with Crippen LogP contribution in [0.4, 0.5) is 0 Å². The zero-order chi connectivity index (χ0) is 8.39. The molecule has 1 saturated carbocycles. The minimum absolute atomic E-state index is 0.000370. The number of piperidine rings is 1. The number of hydrogen-bond acceptors (Lipinski definition) is 2. The maximum atomic E-state index is 9.86. The largest absolute Gasteiger partial charge is 0.393 e. The second kappa shape index (κ2) is 3.75. The second-order valence-corrected chi connectivity index (χ2v) is 4.27. The number of nitrogens with one attached hydrogen (secondary N) is 1. The molecule has 2 rings (SSSR count). The summed E-state index contributed by atoms with van der Waals surface area (Å²) in [5.74, 6) is 1.37. The number of aliphatic hydroxyl groups excluding tert-OH is 1. The standard InChI is InChI=1S/C10H19NO/c12-10-4-2-1-3-8-7-11-6-5-9(8)10/h8-12H,1-7H2. The summed E-state index contributed by atoms with van der Waals surface area (Å²) < 4.78 is 0. The van der Waals surface area contributed by atoms with E-state index in [0.29, 0.717) is 5.92 Å². The minimum atomic E-state index is -0.000370. The van der Waals surface area contributed by atoms with Gasteiger partial charge in [-0.1, -0.05) is 12.8 Å². The van der Waals surface area contributed by atoms with Crippen molar-refractivity contribution in [1.82, 2.24) is 5.32 Å². The quantitative estimate of drug-likeness (QED) is 0.570. The zero-order valence-electron chi connectivity index (χ0n) is 7.63. The molecule has 0 bridgehead atoms. The molecule has 0 radical (unpaired) electrons. The molecule has 0 spiro atoms. The van der Waals surface area contributed by atoms with E-state index in [-0.39, 0.29) is 6.10 Å². The van der Waals surface area contributed by atoms with Gasteiger partial charge in [0.05, 0.1) is 6.10 Å². The summed E-state index contributed by atoms with van der Waals surface area (Å²) in [5.41, 5.74) is 0. The lowest BCUT2D eigenvalue weighted by Crippen LogP contribution is -2.40. The van der Waals surface area contributed by atoms with Gasteiger partial charge in [-0.25, -0.2) is 0 Å². The Morgan fingerprint density at radius 2 is 1.92 bits per heavy atom. The molecule has 1 saturated heterocycles. The summed E-state index contributed by atoms with van der Waals surface area (Å²) in [6.45, 7) is 2.25. The summed E-state index contributed by atoms with van der Waals surface area (Å²) >= 11 is 0. The van der Waals surface area contributed by atoms with E-state index in [0.717, 1.165) is 25.4 Å². The van der Waals surface area contributed by atoms with Crippen molar-refractivity contribution in [2.75, 3.05) is 13.1 Å². The van der Waals surface area contributed by atoms with E-state index in [4.69, 9.17) is 0 Å². The monoisotopic (exact) mass is 169 g/mol. The van der Waals surface area contributed by atoms with E-state index in [1.54, 1.807) is 0 Å². The molecule has 0 aromatic heterocycles. The molecule has 2 nitrogen and oxygen atoms in total. The number of rotatable bonds is 0. The van der Waals surface area contributed by atoms with Crippen LogP contribution in [0.1, 0.15) is 32.1 Å². The molecule has 2 N–H and O–H groups in total. The normalized spacial score (nSPS) is 43.2. The van der Waals surface area contributed by atoms with E-state index in [1.165, 1.54) is 25.7 Å². The fourth-order valence-electron chi connectivity index (χ4n) is 2.74. The summed E-state index contributed by atoms with van der Waals surface area (Å²) in [4.78, 5) is 0. The lowest BCUT2D eigenvalue weighted by molar-refractivity contribution is 0.0563. The highest BCUT2D eigenvalue weighted by atomic mass is 16.3. The van der Waals surface area contributed by atoms with Gasteiger partial charge in [0, 0.05) is 0 Å². The Morgan fingerprint density at radius 3 is 2.83 bits per heavy atom. The highest BCUT2D eigenvalue weighted by Gasteiger charge is 2.31. The molecule has 2 fully saturated rings. The molecule has 2 heteroatoms. The first-order valence-electron chi connectivity index (χ1n) is 5.26. The highest BCUT2D eigenvalue weighted by Crippen LogP contribution is 2.32. The lowest BCUT2D eigenvalue weighted by atomic mass is 9.81. The van der Waals surface area contributed by atoms with Gasteiger partial charge in [0.25, 0.3) is 0 Å². The maximum Gasteiger partial charge on any atom is 0.0572 e. The minimum Gasteiger partial charge on any atom is -0.393 e. The highest BCUT2D eigenvalue weighted by molar-refractivity contribution is 4.85. The van der Waals surface area contributed by atoms with Gasteiger partial charge in [0.15, 0.2) is 0 Å². The average molecular weight is 169 g/mol. The van der Waals surface area contributed by atoms with Crippen LogP contribution >= 0.6 is 0 Å². The van der Waals surface area contributed by atoms with Gasteiger partial charge in [0.1, 0.15) is 0 Å². The molecule has 12 heavy (non-hydrogen) atoms. The molecule has 3 atom stereocenters. The summed E-state index contributed by atoms with van der Waals surface area (Å²) in [5, 5.41) is 13.3. The van der Waals surface area contributed by atoms with Crippen LogP contribution in [0, 0.1) is 11.8 Å². The van der Waals surface area contributed by atoms with Crippen molar-refractivity contribution in [2.45, 2.75) is 38.2 Å². The van der Waals surface area contributed by atoms with Crippen molar-refractivity contribution in [3.05, 3.63) is 0 Å². The number of hydrogen-bond donors (Lipinski definition) is 2. The van der Waals surface area contributed by atoms with Crippen molar-refractivity contribution < 1.29 is 5.11 Å². The lowest BCUT2D eigenvalue weighted by Gasteiger charge is -2.33. The third kappa shape index (κ3) is 1.64. The van der Waals surface area contributed by atoms with Crippen LogP contribution in [0.3, 0.4) is 0 Å². The predicted molar refractivity (Wildman–Crippen MR) is 48.9 cm³/mol. The molecule has 2 aliphatic rings. The molecule has 1 heterocycles. The molecular formula is C10H19NO. The fraction of sp³-hybridized carbons (Fsp3) is 1.00. The van der Waals surface area contributed by atoms with Crippen LogP contribution in [0.25, 0.3) is 0 Å². The van der Waals surface area contributed by atoms with Crippen molar-refractivity contribution in [1.29, 1.82) is 0 Å². The van der Waals surface area contributed by atoms with Crippen LogP contribution in [-0.2, 0) is 0 Å². The molecule has 1 aliphatic carbocycles. The van der Waals surface area contributed by atoms with Gasteiger partial charge in [-0.05, 0) is 44.2 Å². The van der Waals surface area contributed by atoms with Gasteiger partial charge in [-0.2, -0.15) is 0 Å². The first kappa shape index (κ1) is 8.52. The molecule has 0 aromatic rings. The molecular weight excluding hydrogens is 150 g/mol. The first-order chi connectivity index (χ1) is 5.88. The van der Waals surface area contributed by atoms with Gasteiger partial charge >= 0.3 is 0 Å². The summed E-state index contributed by atoms with van der Waals surface area (Å²) in [7, 11) is 0. The van der Waals surface area contributed by atoms with Gasteiger partial charge in [-0.3, -0.25) is 0 Å².